The van der Waals surface area contributed by atoms with Crippen molar-refractivity contribution in [1.82, 2.24) is 9.97 Å². The minimum Gasteiger partial charge on any atom is -0.367 e. The molecule has 1 unspecified atom stereocenters. The van der Waals surface area contributed by atoms with E-state index in [4.69, 9.17) is 0 Å². The third-order valence-electron chi connectivity index (χ3n) is 4.39. The van der Waals surface area contributed by atoms with E-state index in [2.05, 4.69) is 38.1 Å². The van der Waals surface area contributed by atoms with Crippen LogP contribution in [-0.4, -0.2) is 16.0 Å². The van der Waals surface area contributed by atoms with Gasteiger partial charge in [0, 0.05) is 18.0 Å². The van der Waals surface area contributed by atoms with Crippen molar-refractivity contribution in [2.45, 2.75) is 63.8 Å². The van der Waals surface area contributed by atoms with Crippen LogP contribution >= 0.6 is 15.9 Å². The Hall–Kier alpha value is -0.640. The number of aromatic nitrogens is 2. The average Bonchev–Trinajstić information content (AvgIpc) is 3.23. The summed E-state index contributed by atoms with van der Waals surface area (Å²) in [5.41, 5.74) is 0. The Balaban J connectivity index is 1.67. The Kier molecular flexibility index (Phi) is 4.06. The second-order valence-corrected chi connectivity index (χ2v) is 6.85. The smallest absolute Gasteiger partial charge is 0.135 e. The van der Waals surface area contributed by atoms with Crippen LogP contribution in [0.2, 0.25) is 0 Å². The number of hydrogen-bond donors (Lipinski definition) is 1. The van der Waals surface area contributed by atoms with Gasteiger partial charge in [-0.3, -0.25) is 0 Å². The standard InChI is InChI=1S/C15H22BrN3/c1-10(11-5-3-2-4-6-11)17-14-9-13(16)18-15(19-14)12-7-8-12/h9-12H,2-8H2,1H3,(H,17,18,19). The van der Waals surface area contributed by atoms with E-state index in [0.29, 0.717) is 12.0 Å². The molecule has 0 aliphatic heterocycles. The summed E-state index contributed by atoms with van der Waals surface area (Å²) in [6.07, 6.45) is 9.39. The summed E-state index contributed by atoms with van der Waals surface area (Å²) in [6.45, 7) is 2.29. The minimum absolute atomic E-state index is 0.508. The Morgan fingerprint density at radius 2 is 1.89 bits per heavy atom. The molecule has 2 saturated carbocycles. The first-order valence-electron chi connectivity index (χ1n) is 7.53. The topological polar surface area (TPSA) is 37.8 Å². The highest BCUT2D eigenvalue weighted by Gasteiger charge is 2.27. The lowest BCUT2D eigenvalue weighted by atomic mass is 9.84. The molecule has 2 aliphatic carbocycles. The summed E-state index contributed by atoms with van der Waals surface area (Å²) < 4.78 is 0.905. The van der Waals surface area contributed by atoms with Crippen LogP contribution in [0.25, 0.3) is 0 Å². The maximum absolute atomic E-state index is 4.68. The molecule has 19 heavy (non-hydrogen) atoms. The Bertz CT molecular complexity index is 439. The van der Waals surface area contributed by atoms with Crippen LogP contribution in [0, 0.1) is 5.92 Å². The third kappa shape index (κ3) is 3.47. The highest BCUT2D eigenvalue weighted by atomic mass is 79.9. The molecule has 2 aliphatic rings. The summed E-state index contributed by atoms with van der Waals surface area (Å²) >= 11 is 3.50. The van der Waals surface area contributed by atoms with Gasteiger partial charge >= 0.3 is 0 Å². The van der Waals surface area contributed by atoms with Crippen molar-refractivity contribution in [3.63, 3.8) is 0 Å². The van der Waals surface area contributed by atoms with Gasteiger partial charge in [-0.25, -0.2) is 9.97 Å². The lowest BCUT2D eigenvalue weighted by Gasteiger charge is -2.28. The van der Waals surface area contributed by atoms with Crippen LogP contribution in [0.4, 0.5) is 5.82 Å². The average molecular weight is 324 g/mol. The normalized spacial score (nSPS) is 22.2. The van der Waals surface area contributed by atoms with Gasteiger partial charge in [0.05, 0.1) is 0 Å². The van der Waals surface area contributed by atoms with Crippen molar-refractivity contribution in [2.75, 3.05) is 5.32 Å². The van der Waals surface area contributed by atoms with E-state index in [1.807, 2.05) is 6.07 Å². The summed E-state index contributed by atoms with van der Waals surface area (Å²) in [5.74, 6) is 3.39. The molecule has 0 radical (unpaired) electrons. The van der Waals surface area contributed by atoms with Crippen molar-refractivity contribution in [2.24, 2.45) is 5.92 Å². The molecule has 0 saturated heterocycles. The van der Waals surface area contributed by atoms with Gasteiger partial charge in [0.1, 0.15) is 16.2 Å². The molecule has 1 heterocycles. The fraction of sp³-hybridized carbons (Fsp3) is 0.733. The van der Waals surface area contributed by atoms with Crippen molar-refractivity contribution in [3.8, 4) is 0 Å². The van der Waals surface area contributed by atoms with E-state index in [9.17, 15) is 0 Å². The molecule has 4 heteroatoms. The Morgan fingerprint density at radius 3 is 2.58 bits per heavy atom. The minimum atomic E-state index is 0.508. The molecule has 0 bridgehead atoms. The maximum atomic E-state index is 4.68. The lowest BCUT2D eigenvalue weighted by molar-refractivity contribution is 0.328. The molecule has 104 valence electrons. The molecule has 1 aromatic rings. The molecule has 1 atom stereocenters. The first-order valence-corrected chi connectivity index (χ1v) is 8.32. The van der Waals surface area contributed by atoms with E-state index in [1.165, 1.54) is 44.9 Å². The van der Waals surface area contributed by atoms with Crippen molar-refractivity contribution >= 4 is 21.7 Å². The first-order chi connectivity index (χ1) is 9.22. The zero-order chi connectivity index (χ0) is 13.2. The zero-order valence-corrected chi connectivity index (χ0v) is 13.1. The molecule has 0 spiro atoms. The summed E-state index contributed by atoms with van der Waals surface area (Å²) in [5, 5.41) is 3.59. The molecule has 2 fully saturated rings. The summed E-state index contributed by atoms with van der Waals surface area (Å²) in [4.78, 5) is 9.16. The van der Waals surface area contributed by atoms with Crippen LogP contribution in [0.1, 0.15) is 63.6 Å². The third-order valence-corrected chi connectivity index (χ3v) is 4.79. The number of nitrogens with one attached hydrogen (secondary N) is 1. The Labute approximate surface area is 123 Å². The van der Waals surface area contributed by atoms with E-state index >= 15 is 0 Å². The quantitative estimate of drug-likeness (QED) is 0.829. The molecular formula is C15H22BrN3. The summed E-state index contributed by atoms with van der Waals surface area (Å²) in [6, 6.07) is 2.51. The molecule has 0 aromatic carbocycles. The molecule has 3 nitrogen and oxygen atoms in total. The van der Waals surface area contributed by atoms with Crippen molar-refractivity contribution < 1.29 is 0 Å². The van der Waals surface area contributed by atoms with Gasteiger partial charge in [-0.1, -0.05) is 19.3 Å². The number of anilines is 1. The van der Waals surface area contributed by atoms with Crippen molar-refractivity contribution in [3.05, 3.63) is 16.5 Å². The van der Waals surface area contributed by atoms with Crippen LogP contribution in [0.3, 0.4) is 0 Å². The van der Waals surface area contributed by atoms with E-state index in [1.54, 1.807) is 0 Å². The van der Waals surface area contributed by atoms with Crippen LogP contribution in [0.15, 0.2) is 10.7 Å². The van der Waals surface area contributed by atoms with Gasteiger partial charge in [-0.15, -0.1) is 0 Å². The van der Waals surface area contributed by atoms with E-state index in [-0.39, 0.29) is 0 Å². The van der Waals surface area contributed by atoms with E-state index in [0.717, 1.165) is 22.2 Å². The Morgan fingerprint density at radius 1 is 1.16 bits per heavy atom. The highest BCUT2D eigenvalue weighted by Crippen LogP contribution is 2.39. The second-order valence-electron chi connectivity index (χ2n) is 6.04. The predicted octanol–water partition coefficient (Wildman–Crippen LogP) is 4.50. The zero-order valence-electron chi connectivity index (χ0n) is 11.5. The fourth-order valence-corrected chi connectivity index (χ4v) is 3.42. The van der Waals surface area contributed by atoms with Crippen LogP contribution in [0.5, 0.6) is 0 Å². The predicted molar refractivity (Wildman–Crippen MR) is 81.4 cm³/mol. The van der Waals surface area contributed by atoms with Crippen LogP contribution in [-0.2, 0) is 0 Å². The summed E-state index contributed by atoms with van der Waals surface area (Å²) in [7, 11) is 0. The molecule has 1 N–H and O–H groups in total. The largest absolute Gasteiger partial charge is 0.367 e. The van der Waals surface area contributed by atoms with Gasteiger partial charge in [0.15, 0.2) is 0 Å². The van der Waals surface area contributed by atoms with Crippen molar-refractivity contribution in [1.29, 1.82) is 0 Å². The van der Waals surface area contributed by atoms with Gasteiger partial charge < -0.3 is 5.32 Å². The van der Waals surface area contributed by atoms with Gasteiger partial charge in [-0.2, -0.15) is 0 Å². The van der Waals surface area contributed by atoms with E-state index < -0.39 is 0 Å². The van der Waals surface area contributed by atoms with Gasteiger partial charge in [0.2, 0.25) is 0 Å². The number of nitrogens with zero attached hydrogens (tertiary/aromatic N) is 2. The number of hydrogen-bond acceptors (Lipinski definition) is 3. The number of halogens is 1. The van der Waals surface area contributed by atoms with Crippen LogP contribution < -0.4 is 5.32 Å². The SMILES string of the molecule is CC(Nc1cc(Br)nc(C2CC2)n1)C1CCCCC1. The molecule has 0 amide bonds. The van der Waals surface area contributed by atoms with Gasteiger partial charge in [-0.05, 0) is 54.5 Å². The number of rotatable bonds is 4. The monoisotopic (exact) mass is 323 g/mol. The fourth-order valence-electron chi connectivity index (χ4n) is 3.02. The molecular weight excluding hydrogens is 302 g/mol. The molecule has 1 aromatic heterocycles. The lowest BCUT2D eigenvalue weighted by Crippen LogP contribution is -2.28. The van der Waals surface area contributed by atoms with Gasteiger partial charge in [0.25, 0.3) is 0 Å². The first kappa shape index (κ1) is 13.3. The molecule has 3 rings (SSSR count). The highest BCUT2D eigenvalue weighted by molar-refractivity contribution is 9.10. The second kappa shape index (κ2) is 5.78. The maximum Gasteiger partial charge on any atom is 0.135 e.